The highest BCUT2D eigenvalue weighted by Gasteiger charge is 2.28. The van der Waals surface area contributed by atoms with Crippen LogP contribution in [0.1, 0.15) is 6.92 Å². The summed E-state index contributed by atoms with van der Waals surface area (Å²) in [6.07, 6.45) is 0. The molecule has 0 spiro atoms. The number of hydrogen-bond acceptors (Lipinski definition) is 3. The zero-order chi connectivity index (χ0) is 15.0. The Labute approximate surface area is 140 Å². The van der Waals surface area contributed by atoms with Crippen LogP contribution < -0.4 is 4.90 Å². The molecule has 0 bridgehead atoms. The summed E-state index contributed by atoms with van der Waals surface area (Å²) in [6, 6.07) is 16.4. The van der Waals surface area contributed by atoms with Crippen molar-refractivity contribution in [3.05, 3.63) is 48.5 Å². The van der Waals surface area contributed by atoms with E-state index in [1.54, 1.807) is 0 Å². The van der Waals surface area contributed by atoms with E-state index in [4.69, 9.17) is 0 Å². The number of fused-ring (bicyclic) bond motifs is 2. The van der Waals surface area contributed by atoms with E-state index in [2.05, 4.69) is 43.0 Å². The number of likely N-dealkylation sites (N-methyl/N-ethyl adjacent to an activating group) is 1. The zero-order valence-corrected chi connectivity index (χ0v) is 14.7. The molecule has 2 aromatic carbocycles. The SMILES string of the molecule is CC(CN1c2ccccc2S(=O)c2ccccc21)N(C)C.Cl. The molecule has 118 valence electrons. The van der Waals surface area contributed by atoms with Crippen molar-refractivity contribution >= 4 is 34.6 Å². The molecule has 1 aliphatic heterocycles. The van der Waals surface area contributed by atoms with Crippen LogP contribution in [0.15, 0.2) is 58.3 Å². The highest BCUT2D eigenvalue weighted by Crippen LogP contribution is 2.41. The van der Waals surface area contributed by atoms with E-state index in [-0.39, 0.29) is 12.4 Å². The fourth-order valence-corrected chi connectivity index (χ4v) is 3.92. The van der Waals surface area contributed by atoms with Gasteiger partial charge in [-0.1, -0.05) is 24.3 Å². The van der Waals surface area contributed by atoms with Gasteiger partial charge in [-0.25, -0.2) is 4.21 Å². The van der Waals surface area contributed by atoms with E-state index in [9.17, 15) is 4.21 Å². The molecule has 1 heterocycles. The Morgan fingerprint density at radius 1 is 1.00 bits per heavy atom. The standard InChI is InChI=1S/C17H20N2OS.ClH/c1-13(18(2)3)12-19-14-8-4-6-10-16(14)21(20)17-11-7-5-9-15(17)19;/h4-11,13H,12H2,1-3H3;1H. The lowest BCUT2D eigenvalue weighted by molar-refractivity contribution is 0.319. The number of rotatable bonds is 3. The van der Waals surface area contributed by atoms with E-state index >= 15 is 0 Å². The van der Waals surface area contributed by atoms with Gasteiger partial charge in [-0.05, 0) is 45.3 Å². The van der Waals surface area contributed by atoms with E-state index in [0.29, 0.717) is 6.04 Å². The molecule has 0 aromatic heterocycles. The third-order valence-electron chi connectivity index (χ3n) is 4.04. The van der Waals surface area contributed by atoms with Crippen molar-refractivity contribution in [3.63, 3.8) is 0 Å². The van der Waals surface area contributed by atoms with Gasteiger partial charge in [-0.15, -0.1) is 12.4 Å². The summed E-state index contributed by atoms with van der Waals surface area (Å²) >= 11 is 0. The van der Waals surface area contributed by atoms with Gasteiger partial charge in [0.15, 0.2) is 0 Å². The lowest BCUT2D eigenvalue weighted by atomic mass is 10.2. The minimum atomic E-state index is -1.09. The van der Waals surface area contributed by atoms with Crippen LogP contribution in [-0.2, 0) is 10.8 Å². The minimum Gasteiger partial charge on any atom is -0.338 e. The Kier molecular flexibility index (Phi) is 5.27. The van der Waals surface area contributed by atoms with Crippen molar-refractivity contribution in [2.45, 2.75) is 22.8 Å². The molecule has 0 saturated heterocycles. The summed E-state index contributed by atoms with van der Waals surface area (Å²) in [5.41, 5.74) is 2.12. The molecule has 3 nitrogen and oxygen atoms in total. The summed E-state index contributed by atoms with van der Waals surface area (Å²) in [5, 5.41) is 0. The zero-order valence-electron chi connectivity index (χ0n) is 13.0. The Morgan fingerprint density at radius 3 is 1.91 bits per heavy atom. The monoisotopic (exact) mass is 336 g/mol. The Hall–Kier alpha value is -1.36. The molecule has 3 rings (SSSR count). The fraction of sp³-hybridized carbons (Fsp3) is 0.294. The van der Waals surface area contributed by atoms with Gasteiger partial charge >= 0.3 is 0 Å². The quantitative estimate of drug-likeness (QED) is 0.854. The molecular weight excluding hydrogens is 316 g/mol. The molecule has 0 fully saturated rings. The van der Waals surface area contributed by atoms with Crippen LogP contribution in [-0.4, -0.2) is 35.8 Å². The van der Waals surface area contributed by atoms with Crippen LogP contribution >= 0.6 is 12.4 Å². The van der Waals surface area contributed by atoms with E-state index in [1.165, 1.54) is 0 Å². The van der Waals surface area contributed by atoms with Gasteiger partial charge < -0.3 is 9.80 Å². The predicted octanol–water partition coefficient (Wildman–Crippen LogP) is 3.68. The first-order chi connectivity index (χ1) is 10.1. The third kappa shape index (κ3) is 2.91. The number of anilines is 2. The summed E-state index contributed by atoms with van der Waals surface area (Å²) < 4.78 is 12.7. The molecule has 0 amide bonds. The second kappa shape index (κ2) is 6.82. The summed E-state index contributed by atoms with van der Waals surface area (Å²) in [4.78, 5) is 6.30. The topological polar surface area (TPSA) is 23.6 Å². The normalized spacial score (nSPS) is 15.0. The molecule has 0 radical (unpaired) electrons. The molecule has 0 saturated carbocycles. The van der Waals surface area contributed by atoms with Crippen molar-refractivity contribution in [2.24, 2.45) is 0 Å². The van der Waals surface area contributed by atoms with Crippen molar-refractivity contribution in [2.75, 3.05) is 25.5 Å². The molecule has 1 unspecified atom stereocenters. The van der Waals surface area contributed by atoms with Gasteiger partial charge in [-0.2, -0.15) is 0 Å². The number of para-hydroxylation sites is 2. The van der Waals surface area contributed by atoms with Crippen LogP contribution in [0.3, 0.4) is 0 Å². The maximum absolute atomic E-state index is 12.7. The second-order valence-electron chi connectivity index (χ2n) is 5.63. The maximum Gasteiger partial charge on any atom is 0.0892 e. The van der Waals surface area contributed by atoms with E-state index < -0.39 is 10.8 Å². The highest BCUT2D eigenvalue weighted by atomic mass is 35.5. The van der Waals surface area contributed by atoms with Crippen LogP contribution in [0.25, 0.3) is 0 Å². The molecule has 5 heteroatoms. The summed E-state index contributed by atoms with van der Waals surface area (Å²) in [6.45, 7) is 3.08. The first kappa shape index (κ1) is 17.0. The number of hydrogen-bond donors (Lipinski definition) is 0. The molecule has 1 aliphatic rings. The van der Waals surface area contributed by atoms with Gasteiger partial charge in [0.1, 0.15) is 0 Å². The van der Waals surface area contributed by atoms with Gasteiger partial charge in [-0.3, -0.25) is 0 Å². The maximum atomic E-state index is 12.7. The van der Waals surface area contributed by atoms with Crippen LogP contribution in [0.2, 0.25) is 0 Å². The van der Waals surface area contributed by atoms with E-state index in [1.807, 2.05) is 36.4 Å². The largest absolute Gasteiger partial charge is 0.338 e. The number of halogens is 1. The average Bonchev–Trinajstić information content (AvgIpc) is 2.51. The molecule has 0 aliphatic carbocycles. The Balaban J connectivity index is 0.00000176. The summed E-state index contributed by atoms with van der Waals surface area (Å²) in [7, 11) is 3.08. The van der Waals surface area contributed by atoms with Crippen LogP contribution in [0.4, 0.5) is 11.4 Å². The van der Waals surface area contributed by atoms with Gasteiger partial charge in [0.05, 0.1) is 32.0 Å². The van der Waals surface area contributed by atoms with Crippen molar-refractivity contribution in [1.29, 1.82) is 0 Å². The van der Waals surface area contributed by atoms with Crippen molar-refractivity contribution in [3.8, 4) is 0 Å². The average molecular weight is 337 g/mol. The van der Waals surface area contributed by atoms with Crippen LogP contribution in [0.5, 0.6) is 0 Å². The van der Waals surface area contributed by atoms with Gasteiger partial charge in [0, 0.05) is 12.6 Å². The second-order valence-corrected chi connectivity index (χ2v) is 7.04. The van der Waals surface area contributed by atoms with Crippen LogP contribution in [0, 0.1) is 0 Å². The minimum absolute atomic E-state index is 0. The first-order valence-electron chi connectivity index (χ1n) is 7.13. The van der Waals surface area contributed by atoms with Gasteiger partial charge in [0.25, 0.3) is 0 Å². The number of benzene rings is 2. The van der Waals surface area contributed by atoms with E-state index in [0.717, 1.165) is 27.7 Å². The molecule has 2 aromatic rings. The lowest BCUT2D eigenvalue weighted by Gasteiger charge is -2.35. The predicted molar refractivity (Wildman–Crippen MR) is 95.0 cm³/mol. The molecule has 22 heavy (non-hydrogen) atoms. The molecule has 1 atom stereocenters. The third-order valence-corrected chi connectivity index (χ3v) is 5.53. The van der Waals surface area contributed by atoms with Crippen molar-refractivity contribution < 1.29 is 4.21 Å². The molecule has 0 N–H and O–H groups in total. The molecular formula is C17H21ClN2OS. The smallest absolute Gasteiger partial charge is 0.0892 e. The Bertz CT molecular complexity index is 640. The fourth-order valence-electron chi connectivity index (χ4n) is 2.55. The van der Waals surface area contributed by atoms with Gasteiger partial charge in [0.2, 0.25) is 0 Å². The highest BCUT2D eigenvalue weighted by molar-refractivity contribution is 7.85. The summed E-state index contributed by atoms with van der Waals surface area (Å²) in [5.74, 6) is 0. The lowest BCUT2D eigenvalue weighted by Crippen LogP contribution is -2.38. The van der Waals surface area contributed by atoms with Crippen molar-refractivity contribution in [1.82, 2.24) is 4.90 Å². The Morgan fingerprint density at radius 2 is 1.45 bits per heavy atom. The number of nitrogens with zero attached hydrogens (tertiary/aromatic N) is 2. The first-order valence-corrected chi connectivity index (χ1v) is 8.28.